The number of unbranched alkanes of at least 4 members (excludes halogenated alkanes) is 28. The number of hydrogen-bond donors (Lipinski definition) is 0. The molecular formula is C88H145NO8. The van der Waals surface area contributed by atoms with Crippen LogP contribution in [0.1, 0.15) is 309 Å². The van der Waals surface area contributed by atoms with Gasteiger partial charge in [-0.05, 0) is 128 Å². The zero-order valence-electron chi connectivity index (χ0n) is 62.9. The van der Waals surface area contributed by atoms with Crippen molar-refractivity contribution in [1.82, 2.24) is 0 Å². The summed E-state index contributed by atoms with van der Waals surface area (Å²) >= 11 is 0. The normalized spacial score (nSPS) is 13.6. The van der Waals surface area contributed by atoms with Crippen molar-refractivity contribution in [3.8, 4) is 0 Å². The first-order valence-corrected chi connectivity index (χ1v) is 39.3. The molecule has 0 saturated heterocycles. The molecule has 0 aromatic carbocycles. The summed E-state index contributed by atoms with van der Waals surface area (Å²) in [4.78, 5) is 37.6. The number of rotatable bonds is 71. The van der Waals surface area contributed by atoms with Crippen LogP contribution in [0.3, 0.4) is 0 Å². The molecule has 0 amide bonds. The molecule has 0 saturated carbocycles. The van der Waals surface area contributed by atoms with Crippen LogP contribution in [0.4, 0.5) is 0 Å². The predicted octanol–water partition coefficient (Wildman–Crippen LogP) is 24.0. The van der Waals surface area contributed by atoms with Gasteiger partial charge in [-0.15, -0.1) is 0 Å². The largest absolute Gasteiger partial charge is 0.545 e. The van der Waals surface area contributed by atoms with E-state index in [0.717, 1.165) is 128 Å². The van der Waals surface area contributed by atoms with Crippen molar-refractivity contribution in [2.75, 3.05) is 47.5 Å². The van der Waals surface area contributed by atoms with Crippen molar-refractivity contribution >= 4 is 17.9 Å². The van der Waals surface area contributed by atoms with Gasteiger partial charge in [-0.2, -0.15) is 0 Å². The number of carbonyl (C=O) groups excluding carboxylic acids is 3. The smallest absolute Gasteiger partial charge is 0.306 e. The Morgan fingerprint density at radius 3 is 0.825 bits per heavy atom. The standard InChI is InChI=1S/C88H145NO8/c1-6-8-10-12-14-16-18-20-22-24-26-28-30-32-34-36-38-40-42-43-45-47-49-51-53-55-57-59-61-63-65-67-69-71-73-75-77-79-86(91)97-84(83-96-88(87(92)93)94-81-80-89(3,4)5)82-95-85(90)78-76-74-72-70-68-66-64-62-60-58-56-54-52-50-48-46-44-41-39-37-35-33-31-29-27-25-23-21-19-17-15-13-11-9-7-2/h8-11,14-17,20-23,26-29,32-35,38-41,43,45-46,48,84,88H,6-7,12-13,18-19,24-25,30-31,36-37,42,44,47,49-83H2,1-5H3/b10-8-,11-9-,16-14-,17-15-,22-20-,23-21-,28-26-,29-27-,34-32-,35-33-,40-38-,41-39-,45-43-,48-46-. The monoisotopic (exact) mass is 1340 g/mol. The Hall–Kier alpha value is -5.35. The molecule has 0 spiro atoms. The number of aliphatic carboxylic acids is 1. The van der Waals surface area contributed by atoms with Gasteiger partial charge in [-0.25, -0.2) is 0 Å². The molecule has 0 aromatic rings. The highest BCUT2D eigenvalue weighted by atomic mass is 16.7. The maximum atomic E-state index is 13.0. The third-order valence-corrected chi connectivity index (χ3v) is 16.5. The molecule has 0 N–H and O–H groups in total. The summed E-state index contributed by atoms with van der Waals surface area (Å²) in [5.41, 5.74) is 0. The fourth-order valence-electron chi connectivity index (χ4n) is 10.6. The van der Waals surface area contributed by atoms with E-state index in [1.165, 1.54) is 148 Å². The van der Waals surface area contributed by atoms with Gasteiger partial charge in [0.1, 0.15) is 13.2 Å². The highest BCUT2D eigenvalue weighted by Gasteiger charge is 2.22. The third kappa shape index (κ3) is 77.9. The summed E-state index contributed by atoms with van der Waals surface area (Å²) in [7, 11) is 5.93. The van der Waals surface area contributed by atoms with Crippen LogP contribution in [0.25, 0.3) is 0 Å². The highest BCUT2D eigenvalue weighted by Crippen LogP contribution is 2.17. The van der Waals surface area contributed by atoms with E-state index >= 15 is 0 Å². The molecule has 0 aliphatic rings. The lowest BCUT2D eigenvalue weighted by molar-refractivity contribution is -0.870. The van der Waals surface area contributed by atoms with Gasteiger partial charge in [0.25, 0.3) is 0 Å². The molecular weight excluding hydrogens is 1200 g/mol. The number of likely N-dealkylation sites (N-methyl/N-ethyl adjacent to an activating group) is 1. The van der Waals surface area contributed by atoms with Crippen molar-refractivity contribution in [3.63, 3.8) is 0 Å². The number of nitrogens with zero attached hydrogens (tertiary/aromatic N) is 1. The summed E-state index contributed by atoms with van der Waals surface area (Å²) in [6.45, 7) is 4.53. The molecule has 9 heteroatoms. The van der Waals surface area contributed by atoms with Crippen LogP contribution in [0.5, 0.6) is 0 Å². The van der Waals surface area contributed by atoms with Crippen LogP contribution in [-0.4, -0.2) is 82.3 Å². The van der Waals surface area contributed by atoms with Gasteiger partial charge in [-0.1, -0.05) is 338 Å². The van der Waals surface area contributed by atoms with Crippen LogP contribution in [-0.2, 0) is 33.3 Å². The minimum atomic E-state index is -1.63. The molecule has 9 nitrogen and oxygen atoms in total. The molecule has 2 unspecified atom stereocenters. The van der Waals surface area contributed by atoms with Crippen molar-refractivity contribution in [2.45, 2.75) is 322 Å². The fraction of sp³-hybridized carbons (Fsp3) is 0.648. The maximum absolute atomic E-state index is 13.0. The van der Waals surface area contributed by atoms with Crippen LogP contribution in [0.15, 0.2) is 170 Å². The van der Waals surface area contributed by atoms with Gasteiger partial charge in [0.05, 0.1) is 40.3 Å². The third-order valence-electron chi connectivity index (χ3n) is 16.5. The summed E-state index contributed by atoms with van der Waals surface area (Å²) in [5.74, 6) is -2.29. The first-order valence-electron chi connectivity index (χ1n) is 39.3. The predicted molar refractivity (Wildman–Crippen MR) is 416 cm³/mol. The molecule has 0 rings (SSSR count). The van der Waals surface area contributed by atoms with Crippen molar-refractivity contribution in [2.24, 2.45) is 0 Å². The lowest BCUT2D eigenvalue weighted by Crippen LogP contribution is -2.44. The Bertz CT molecular complexity index is 2210. The van der Waals surface area contributed by atoms with Gasteiger partial charge in [0.2, 0.25) is 0 Å². The van der Waals surface area contributed by atoms with E-state index in [1.54, 1.807) is 0 Å². The van der Waals surface area contributed by atoms with Gasteiger partial charge in [0, 0.05) is 12.8 Å². The number of esters is 2. The average molecular weight is 1350 g/mol. The number of ether oxygens (including phenoxy) is 4. The number of carbonyl (C=O) groups is 3. The van der Waals surface area contributed by atoms with Crippen LogP contribution in [0.2, 0.25) is 0 Å². The molecule has 97 heavy (non-hydrogen) atoms. The Balaban J connectivity index is 4.09. The van der Waals surface area contributed by atoms with E-state index in [2.05, 4.69) is 184 Å². The lowest BCUT2D eigenvalue weighted by Gasteiger charge is -2.26. The summed E-state index contributed by atoms with van der Waals surface area (Å²) in [5, 5.41) is 11.9. The maximum Gasteiger partial charge on any atom is 0.306 e. The minimum Gasteiger partial charge on any atom is -0.545 e. The van der Waals surface area contributed by atoms with E-state index < -0.39 is 24.3 Å². The van der Waals surface area contributed by atoms with Crippen molar-refractivity contribution in [3.05, 3.63) is 170 Å². The molecule has 0 aliphatic carbocycles. The van der Waals surface area contributed by atoms with Crippen LogP contribution < -0.4 is 5.11 Å². The van der Waals surface area contributed by atoms with E-state index in [0.29, 0.717) is 17.4 Å². The molecule has 0 aliphatic heterocycles. The zero-order chi connectivity index (χ0) is 70.4. The second-order valence-corrected chi connectivity index (χ2v) is 26.9. The topological polar surface area (TPSA) is 111 Å². The average Bonchev–Trinajstić information content (AvgIpc) is 3.11. The Labute approximate surface area is 597 Å². The molecule has 0 aromatic heterocycles. The zero-order valence-corrected chi connectivity index (χ0v) is 62.9. The molecule has 0 bridgehead atoms. The Morgan fingerprint density at radius 2 is 0.557 bits per heavy atom. The van der Waals surface area contributed by atoms with E-state index in [9.17, 15) is 19.5 Å². The van der Waals surface area contributed by atoms with Gasteiger partial charge < -0.3 is 33.3 Å². The highest BCUT2D eigenvalue weighted by molar-refractivity contribution is 5.70. The lowest BCUT2D eigenvalue weighted by atomic mass is 10.0. The van der Waals surface area contributed by atoms with E-state index in [1.807, 2.05) is 21.1 Å². The molecule has 0 radical (unpaired) electrons. The van der Waals surface area contributed by atoms with E-state index in [4.69, 9.17) is 18.9 Å². The summed E-state index contributed by atoms with van der Waals surface area (Å²) < 4.78 is 22.9. The second kappa shape index (κ2) is 76.4. The van der Waals surface area contributed by atoms with Crippen molar-refractivity contribution in [1.29, 1.82) is 0 Å². The number of carboxylic acids is 1. The Kier molecular flexibility index (Phi) is 72.2. The number of hydrogen-bond acceptors (Lipinski definition) is 8. The van der Waals surface area contributed by atoms with Gasteiger partial charge >= 0.3 is 11.9 Å². The van der Waals surface area contributed by atoms with Crippen molar-refractivity contribution < 1.29 is 42.9 Å². The minimum absolute atomic E-state index is 0.141. The number of quaternary nitrogens is 1. The molecule has 0 heterocycles. The molecule has 550 valence electrons. The molecule has 0 fully saturated rings. The van der Waals surface area contributed by atoms with E-state index in [-0.39, 0.29) is 38.6 Å². The first kappa shape index (κ1) is 91.6. The van der Waals surface area contributed by atoms with Gasteiger partial charge in [0.15, 0.2) is 12.4 Å². The summed E-state index contributed by atoms with van der Waals surface area (Å²) in [6, 6.07) is 0. The quantitative estimate of drug-likeness (QED) is 0.0195. The number of allylic oxidation sites excluding steroid dienone is 28. The SMILES string of the molecule is CC/C=C\C/C=C\C/C=C\C/C=C\C/C=C\C/C=C\C/C=C\CCCCCCCCCCCCCCCCCC(=O)OC(COC(=O)CCCCCCCCCCCCCCC/C=C\C/C=C\C/C=C\C/C=C\C/C=C\C/C=C\C/C=C\CC)COC(OCC[N+](C)(C)C)C(=O)[O-]. The van der Waals surface area contributed by atoms with Crippen LogP contribution >= 0.6 is 0 Å². The fourth-order valence-corrected chi connectivity index (χ4v) is 10.6. The van der Waals surface area contributed by atoms with Crippen LogP contribution in [0, 0.1) is 0 Å². The van der Waals surface area contributed by atoms with Gasteiger partial charge in [-0.3, -0.25) is 9.59 Å². The second-order valence-electron chi connectivity index (χ2n) is 26.9. The summed E-state index contributed by atoms with van der Waals surface area (Å²) in [6.07, 6.45) is 112. The molecule has 2 atom stereocenters. The first-order chi connectivity index (χ1) is 47.6. The number of carboxylic acid groups (broad SMARTS) is 1. The Morgan fingerprint density at radius 1 is 0.309 bits per heavy atom.